The van der Waals surface area contributed by atoms with Gasteiger partial charge < -0.3 is 15.8 Å². The van der Waals surface area contributed by atoms with Crippen LogP contribution in [0.1, 0.15) is 49.9 Å². The zero-order chi connectivity index (χ0) is 18.7. The third-order valence-electron chi connectivity index (χ3n) is 4.94. The minimum Gasteiger partial charge on any atom is -0.462 e. The number of carbonyl (C=O) groups is 2. The Bertz CT molecular complexity index is 809. The van der Waals surface area contributed by atoms with Crippen molar-refractivity contribution < 1.29 is 14.3 Å². The van der Waals surface area contributed by atoms with Crippen molar-refractivity contribution in [1.29, 1.82) is 0 Å². The van der Waals surface area contributed by atoms with Gasteiger partial charge in [0.1, 0.15) is 5.56 Å². The van der Waals surface area contributed by atoms with Crippen LogP contribution in [0, 0.1) is 5.92 Å². The Labute approximate surface area is 152 Å². The molecule has 3 N–H and O–H groups in total. The molecule has 0 bridgehead atoms. The molecule has 0 radical (unpaired) electrons. The van der Waals surface area contributed by atoms with E-state index in [-0.39, 0.29) is 17.9 Å². The molecule has 1 fully saturated rings. The fourth-order valence-corrected chi connectivity index (χ4v) is 3.50. The van der Waals surface area contributed by atoms with E-state index in [2.05, 4.69) is 15.4 Å². The molecule has 2 aromatic heterocycles. The number of fused-ring (bicyclic) bond motifs is 1. The highest BCUT2D eigenvalue weighted by Crippen LogP contribution is 2.31. The van der Waals surface area contributed by atoms with Crippen molar-refractivity contribution in [1.82, 2.24) is 14.8 Å². The highest BCUT2D eigenvalue weighted by molar-refractivity contribution is 6.04. The Morgan fingerprint density at radius 1 is 1.27 bits per heavy atom. The molecule has 1 amide bonds. The number of hydrogen-bond donors (Lipinski definition) is 2. The average molecular weight is 359 g/mol. The minimum absolute atomic E-state index is 0.0575. The topological polar surface area (TPSA) is 112 Å². The van der Waals surface area contributed by atoms with Gasteiger partial charge in [-0.1, -0.05) is 0 Å². The van der Waals surface area contributed by atoms with Gasteiger partial charge in [-0.3, -0.25) is 4.79 Å². The summed E-state index contributed by atoms with van der Waals surface area (Å²) in [4.78, 5) is 28.1. The summed E-state index contributed by atoms with van der Waals surface area (Å²) in [6.07, 6.45) is 6.43. The first kappa shape index (κ1) is 18.2. The molecule has 1 aliphatic rings. The lowest BCUT2D eigenvalue weighted by atomic mass is 9.85. The molecule has 140 valence electrons. The summed E-state index contributed by atoms with van der Waals surface area (Å²) < 4.78 is 6.97. The van der Waals surface area contributed by atoms with Crippen molar-refractivity contribution in [3.05, 3.63) is 18.0 Å². The van der Waals surface area contributed by atoms with Gasteiger partial charge in [0.05, 0.1) is 23.9 Å². The van der Waals surface area contributed by atoms with Crippen LogP contribution in [0.5, 0.6) is 0 Å². The maximum atomic E-state index is 12.4. The Morgan fingerprint density at radius 3 is 2.62 bits per heavy atom. The molecule has 0 atom stereocenters. The molecule has 0 aromatic carbocycles. The monoisotopic (exact) mass is 359 g/mol. The van der Waals surface area contributed by atoms with E-state index in [1.165, 1.54) is 0 Å². The number of primary amides is 1. The van der Waals surface area contributed by atoms with Gasteiger partial charge in [-0.15, -0.1) is 0 Å². The number of amides is 1. The van der Waals surface area contributed by atoms with E-state index in [1.54, 1.807) is 24.0 Å². The Kier molecular flexibility index (Phi) is 5.39. The molecule has 0 spiro atoms. The number of anilines is 1. The van der Waals surface area contributed by atoms with E-state index in [1.807, 2.05) is 6.92 Å². The molecule has 2 heterocycles. The summed E-state index contributed by atoms with van der Waals surface area (Å²) in [6.45, 7) is 4.76. The van der Waals surface area contributed by atoms with Crippen LogP contribution in [-0.4, -0.2) is 39.3 Å². The molecule has 0 unspecified atom stereocenters. The lowest BCUT2D eigenvalue weighted by Crippen LogP contribution is -2.32. The van der Waals surface area contributed by atoms with Crippen molar-refractivity contribution in [2.45, 2.75) is 52.1 Å². The highest BCUT2D eigenvalue weighted by Gasteiger charge is 2.27. The van der Waals surface area contributed by atoms with Crippen molar-refractivity contribution in [3.63, 3.8) is 0 Å². The Hall–Kier alpha value is -2.64. The van der Waals surface area contributed by atoms with Crippen LogP contribution in [0.25, 0.3) is 11.0 Å². The SMILES string of the molecule is CCOC(=O)c1cnc2c(cnn2CC)c1N[C@H]1CC[C@H](C(N)=O)CC1. The van der Waals surface area contributed by atoms with Gasteiger partial charge in [0.15, 0.2) is 5.65 Å². The van der Waals surface area contributed by atoms with Gasteiger partial charge in [0.2, 0.25) is 5.91 Å². The van der Waals surface area contributed by atoms with Gasteiger partial charge >= 0.3 is 5.97 Å². The van der Waals surface area contributed by atoms with E-state index < -0.39 is 5.97 Å². The molecule has 3 rings (SSSR count). The zero-order valence-corrected chi connectivity index (χ0v) is 15.2. The second-order valence-corrected chi connectivity index (χ2v) is 6.56. The fraction of sp³-hybridized carbons (Fsp3) is 0.556. The molecule has 0 saturated heterocycles. The summed E-state index contributed by atoms with van der Waals surface area (Å²) in [6, 6.07) is 0.161. The molecule has 0 aliphatic heterocycles. The third-order valence-corrected chi connectivity index (χ3v) is 4.94. The van der Waals surface area contributed by atoms with Crippen molar-refractivity contribution in [3.8, 4) is 0 Å². The number of rotatable bonds is 6. The third kappa shape index (κ3) is 3.49. The number of nitrogens with one attached hydrogen (secondary N) is 1. The van der Waals surface area contributed by atoms with Crippen LogP contribution in [0.2, 0.25) is 0 Å². The van der Waals surface area contributed by atoms with Crippen LogP contribution in [0.3, 0.4) is 0 Å². The van der Waals surface area contributed by atoms with E-state index >= 15 is 0 Å². The average Bonchev–Trinajstić information content (AvgIpc) is 3.06. The second kappa shape index (κ2) is 7.72. The Balaban J connectivity index is 1.91. The molecular formula is C18H25N5O3. The van der Waals surface area contributed by atoms with E-state index in [4.69, 9.17) is 10.5 Å². The number of nitrogens with zero attached hydrogens (tertiary/aromatic N) is 3. The smallest absolute Gasteiger partial charge is 0.341 e. The number of esters is 1. The van der Waals surface area contributed by atoms with E-state index in [0.29, 0.717) is 24.4 Å². The zero-order valence-electron chi connectivity index (χ0n) is 15.2. The van der Waals surface area contributed by atoms with Gasteiger partial charge in [-0.25, -0.2) is 14.5 Å². The molecule has 1 aliphatic carbocycles. The van der Waals surface area contributed by atoms with Crippen LogP contribution >= 0.6 is 0 Å². The first-order valence-corrected chi connectivity index (χ1v) is 9.12. The summed E-state index contributed by atoms with van der Waals surface area (Å²) in [5, 5.41) is 8.63. The van der Waals surface area contributed by atoms with Gasteiger partial charge in [0, 0.05) is 24.7 Å². The first-order chi connectivity index (χ1) is 12.5. The lowest BCUT2D eigenvalue weighted by molar-refractivity contribution is -0.122. The van der Waals surface area contributed by atoms with Crippen LogP contribution in [0.15, 0.2) is 12.4 Å². The number of ether oxygens (including phenoxy) is 1. The predicted molar refractivity (Wildman–Crippen MR) is 97.7 cm³/mol. The van der Waals surface area contributed by atoms with Gasteiger partial charge in [-0.2, -0.15) is 5.10 Å². The summed E-state index contributed by atoms with van der Waals surface area (Å²) >= 11 is 0. The molecule has 8 heteroatoms. The van der Waals surface area contributed by atoms with Crippen LogP contribution < -0.4 is 11.1 Å². The van der Waals surface area contributed by atoms with Crippen molar-refractivity contribution in [2.24, 2.45) is 11.7 Å². The fourth-order valence-electron chi connectivity index (χ4n) is 3.50. The molecule has 2 aromatic rings. The van der Waals surface area contributed by atoms with Gasteiger partial charge in [0.25, 0.3) is 0 Å². The van der Waals surface area contributed by atoms with Gasteiger partial charge in [-0.05, 0) is 39.5 Å². The number of carbonyl (C=O) groups excluding carboxylic acids is 2. The maximum absolute atomic E-state index is 12.4. The van der Waals surface area contributed by atoms with Crippen LogP contribution in [0.4, 0.5) is 5.69 Å². The van der Waals surface area contributed by atoms with Crippen LogP contribution in [-0.2, 0) is 16.1 Å². The minimum atomic E-state index is -0.403. The van der Waals surface area contributed by atoms with Crippen molar-refractivity contribution >= 4 is 28.6 Å². The predicted octanol–water partition coefficient (Wildman–Crippen LogP) is 2.08. The summed E-state index contributed by atoms with van der Waals surface area (Å²) in [5.74, 6) is -0.691. The normalized spacial score (nSPS) is 20.1. The number of aromatic nitrogens is 3. The number of hydrogen-bond acceptors (Lipinski definition) is 6. The molecule has 1 saturated carbocycles. The van der Waals surface area contributed by atoms with E-state index in [9.17, 15) is 9.59 Å². The number of aryl methyl sites for hydroxylation is 1. The maximum Gasteiger partial charge on any atom is 0.341 e. The first-order valence-electron chi connectivity index (χ1n) is 9.12. The largest absolute Gasteiger partial charge is 0.462 e. The van der Waals surface area contributed by atoms with E-state index in [0.717, 1.165) is 36.7 Å². The lowest BCUT2D eigenvalue weighted by Gasteiger charge is -2.28. The second-order valence-electron chi connectivity index (χ2n) is 6.56. The molecule has 8 nitrogen and oxygen atoms in total. The summed E-state index contributed by atoms with van der Waals surface area (Å²) in [7, 11) is 0. The molecule has 26 heavy (non-hydrogen) atoms. The van der Waals surface area contributed by atoms with Crippen molar-refractivity contribution in [2.75, 3.05) is 11.9 Å². The molecular weight excluding hydrogens is 334 g/mol. The quantitative estimate of drug-likeness (QED) is 0.764. The summed E-state index contributed by atoms with van der Waals surface area (Å²) in [5.41, 5.74) is 7.26. The standard InChI is InChI=1S/C18H25N5O3/c1-3-23-17-13(10-21-23)15(14(9-20-17)18(25)26-4-2)22-12-7-5-11(6-8-12)16(19)24/h9-12H,3-8H2,1-2H3,(H2,19,24)(H,20,22)/t11-,12-. The highest BCUT2D eigenvalue weighted by atomic mass is 16.5. The number of nitrogens with two attached hydrogens (primary N) is 1. The number of pyridine rings is 1. The Morgan fingerprint density at radius 2 is 2.00 bits per heavy atom.